The molecular weight excluding hydrogens is 270 g/mol. The van der Waals surface area contributed by atoms with E-state index in [0.29, 0.717) is 0 Å². The molecule has 3 aromatic rings. The molecule has 0 atom stereocenters. The van der Waals surface area contributed by atoms with E-state index in [4.69, 9.17) is 0 Å². The topological polar surface area (TPSA) is 29.9 Å². The van der Waals surface area contributed by atoms with Crippen LogP contribution in [0.3, 0.4) is 0 Å². The van der Waals surface area contributed by atoms with Gasteiger partial charge in [-0.3, -0.25) is 4.68 Å². The van der Waals surface area contributed by atoms with Crippen molar-refractivity contribution in [2.75, 3.05) is 5.32 Å². The molecule has 1 heterocycles. The summed E-state index contributed by atoms with van der Waals surface area (Å²) in [5, 5.41) is 8.14. The van der Waals surface area contributed by atoms with Crippen molar-refractivity contribution in [2.45, 2.75) is 24.9 Å². The zero-order chi connectivity index (χ0) is 14.8. The molecule has 3 heteroatoms. The maximum Gasteiger partial charge on any atom is 0.0733 e. The largest absolute Gasteiger partial charge is 0.373 e. The standard InChI is InChI=1S/C19H19N3/c1-3-7-16(8-4-1)14-22-15-18(13-20-22)21-19(11-12-19)17-9-5-2-6-10-17/h1-10,13,15,21H,11-12,14H2. The molecule has 0 bridgehead atoms. The van der Waals surface area contributed by atoms with E-state index in [9.17, 15) is 0 Å². The van der Waals surface area contributed by atoms with Crippen molar-refractivity contribution in [1.82, 2.24) is 9.78 Å². The normalized spacial score (nSPS) is 15.5. The summed E-state index contributed by atoms with van der Waals surface area (Å²) in [5.41, 5.74) is 3.84. The Morgan fingerprint density at radius 3 is 2.32 bits per heavy atom. The number of benzene rings is 2. The van der Waals surface area contributed by atoms with Gasteiger partial charge in [0.1, 0.15) is 0 Å². The number of hydrogen-bond donors (Lipinski definition) is 1. The molecule has 1 saturated carbocycles. The van der Waals surface area contributed by atoms with Gasteiger partial charge in [-0.2, -0.15) is 5.10 Å². The molecule has 22 heavy (non-hydrogen) atoms. The highest BCUT2D eigenvalue weighted by molar-refractivity contribution is 5.48. The third-order valence-corrected chi connectivity index (χ3v) is 4.28. The molecule has 0 saturated heterocycles. The van der Waals surface area contributed by atoms with Crippen LogP contribution in [0.4, 0.5) is 5.69 Å². The molecule has 1 fully saturated rings. The van der Waals surface area contributed by atoms with Gasteiger partial charge >= 0.3 is 0 Å². The van der Waals surface area contributed by atoms with Gasteiger partial charge in [0.25, 0.3) is 0 Å². The molecule has 0 radical (unpaired) electrons. The van der Waals surface area contributed by atoms with Gasteiger partial charge in [0.2, 0.25) is 0 Å². The van der Waals surface area contributed by atoms with Gasteiger partial charge in [0.15, 0.2) is 0 Å². The molecular formula is C19H19N3. The van der Waals surface area contributed by atoms with Crippen molar-refractivity contribution in [1.29, 1.82) is 0 Å². The van der Waals surface area contributed by atoms with Crippen molar-refractivity contribution in [3.05, 3.63) is 84.2 Å². The van der Waals surface area contributed by atoms with E-state index in [1.165, 1.54) is 24.0 Å². The van der Waals surface area contributed by atoms with Gasteiger partial charge in [-0.05, 0) is 24.0 Å². The fourth-order valence-electron chi connectivity index (χ4n) is 2.93. The van der Waals surface area contributed by atoms with Gasteiger partial charge in [0, 0.05) is 6.20 Å². The van der Waals surface area contributed by atoms with E-state index in [-0.39, 0.29) is 5.54 Å². The minimum atomic E-state index is 0.113. The molecule has 1 aromatic heterocycles. The SMILES string of the molecule is c1ccc(Cn2cc(NC3(c4ccccc4)CC3)cn2)cc1. The van der Waals surface area contributed by atoms with Crippen molar-refractivity contribution < 1.29 is 0 Å². The average Bonchev–Trinajstić information content (AvgIpc) is 3.22. The van der Waals surface area contributed by atoms with Crippen molar-refractivity contribution in [3.63, 3.8) is 0 Å². The number of nitrogens with one attached hydrogen (secondary N) is 1. The third-order valence-electron chi connectivity index (χ3n) is 4.28. The van der Waals surface area contributed by atoms with Crippen LogP contribution in [-0.4, -0.2) is 9.78 Å². The molecule has 2 aromatic carbocycles. The highest BCUT2D eigenvalue weighted by atomic mass is 15.3. The minimum absolute atomic E-state index is 0.113. The molecule has 4 rings (SSSR count). The molecule has 1 aliphatic rings. The summed E-state index contributed by atoms with van der Waals surface area (Å²) in [6.07, 6.45) is 6.38. The fraction of sp³-hybridized carbons (Fsp3) is 0.211. The first-order valence-electron chi connectivity index (χ1n) is 7.74. The Hall–Kier alpha value is -2.55. The number of hydrogen-bond acceptors (Lipinski definition) is 2. The van der Waals surface area contributed by atoms with Crippen LogP contribution in [0.1, 0.15) is 24.0 Å². The zero-order valence-electron chi connectivity index (χ0n) is 12.4. The lowest BCUT2D eigenvalue weighted by atomic mass is 10.1. The minimum Gasteiger partial charge on any atom is -0.373 e. The fourth-order valence-corrected chi connectivity index (χ4v) is 2.93. The van der Waals surface area contributed by atoms with Crippen LogP contribution in [0.2, 0.25) is 0 Å². The van der Waals surface area contributed by atoms with Gasteiger partial charge in [-0.15, -0.1) is 0 Å². The number of anilines is 1. The lowest BCUT2D eigenvalue weighted by Crippen LogP contribution is -2.18. The summed E-state index contributed by atoms with van der Waals surface area (Å²) < 4.78 is 1.98. The molecule has 0 spiro atoms. The molecule has 110 valence electrons. The van der Waals surface area contributed by atoms with Crippen LogP contribution in [0.15, 0.2) is 73.1 Å². The van der Waals surface area contributed by atoms with Crippen LogP contribution >= 0.6 is 0 Å². The van der Waals surface area contributed by atoms with Gasteiger partial charge in [-0.1, -0.05) is 60.7 Å². The van der Waals surface area contributed by atoms with Gasteiger partial charge in [-0.25, -0.2) is 0 Å². The zero-order valence-corrected chi connectivity index (χ0v) is 12.4. The first kappa shape index (κ1) is 13.1. The lowest BCUT2D eigenvalue weighted by Gasteiger charge is -2.17. The molecule has 3 nitrogen and oxygen atoms in total. The highest BCUT2D eigenvalue weighted by Gasteiger charge is 2.44. The maximum atomic E-state index is 4.47. The second-order valence-electron chi connectivity index (χ2n) is 5.99. The van der Waals surface area contributed by atoms with Crippen LogP contribution in [0.5, 0.6) is 0 Å². The van der Waals surface area contributed by atoms with Gasteiger partial charge < -0.3 is 5.32 Å². The number of aromatic nitrogens is 2. The molecule has 0 amide bonds. The Morgan fingerprint density at radius 2 is 1.64 bits per heavy atom. The van der Waals surface area contributed by atoms with Crippen LogP contribution in [0.25, 0.3) is 0 Å². The van der Waals surface area contributed by atoms with E-state index in [0.717, 1.165) is 12.2 Å². The summed E-state index contributed by atoms with van der Waals surface area (Å²) in [5.74, 6) is 0. The highest BCUT2D eigenvalue weighted by Crippen LogP contribution is 2.48. The van der Waals surface area contributed by atoms with Crippen LogP contribution < -0.4 is 5.32 Å². The molecule has 0 unspecified atom stereocenters. The quantitative estimate of drug-likeness (QED) is 0.768. The summed E-state index contributed by atoms with van der Waals surface area (Å²) in [6.45, 7) is 0.806. The summed E-state index contributed by atoms with van der Waals surface area (Å²) in [7, 11) is 0. The molecule has 1 aliphatic carbocycles. The first-order valence-corrected chi connectivity index (χ1v) is 7.74. The predicted octanol–water partition coefficient (Wildman–Crippen LogP) is 4.03. The number of rotatable bonds is 5. The van der Waals surface area contributed by atoms with Crippen LogP contribution in [0, 0.1) is 0 Å². The molecule has 1 N–H and O–H groups in total. The Labute approximate surface area is 130 Å². The van der Waals surface area contributed by atoms with E-state index in [1.807, 2.05) is 16.9 Å². The monoisotopic (exact) mass is 289 g/mol. The predicted molar refractivity (Wildman–Crippen MR) is 88.7 cm³/mol. The van der Waals surface area contributed by atoms with Gasteiger partial charge in [0.05, 0.1) is 24.0 Å². The Balaban J connectivity index is 1.49. The van der Waals surface area contributed by atoms with Crippen molar-refractivity contribution in [2.24, 2.45) is 0 Å². The second-order valence-corrected chi connectivity index (χ2v) is 5.99. The third kappa shape index (κ3) is 2.62. The van der Waals surface area contributed by atoms with Crippen molar-refractivity contribution in [3.8, 4) is 0 Å². The second kappa shape index (κ2) is 5.34. The van der Waals surface area contributed by atoms with E-state index in [2.05, 4.69) is 71.2 Å². The summed E-state index contributed by atoms with van der Waals surface area (Å²) in [4.78, 5) is 0. The molecule has 0 aliphatic heterocycles. The van der Waals surface area contributed by atoms with E-state index < -0.39 is 0 Å². The first-order chi connectivity index (χ1) is 10.8. The lowest BCUT2D eigenvalue weighted by molar-refractivity contribution is 0.686. The summed E-state index contributed by atoms with van der Waals surface area (Å²) >= 11 is 0. The Bertz CT molecular complexity index is 743. The van der Waals surface area contributed by atoms with E-state index >= 15 is 0 Å². The Kier molecular flexibility index (Phi) is 3.19. The van der Waals surface area contributed by atoms with Crippen molar-refractivity contribution >= 4 is 5.69 Å². The summed E-state index contributed by atoms with van der Waals surface area (Å²) in [6, 6.07) is 21.1. The Morgan fingerprint density at radius 1 is 0.955 bits per heavy atom. The maximum absolute atomic E-state index is 4.47. The number of nitrogens with zero attached hydrogens (tertiary/aromatic N) is 2. The van der Waals surface area contributed by atoms with E-state index in [1.54, 1.807) is 0 Å². The smallest absolute Gasteiger partial charge is 0.0733 e. The average molecular weight is 289 g/mol. The van der Waals surface area contributed by atoms with Crippen LogP contribution in [-0.2, 0) is 12.1 Å².